The highest BCUT2D eigenvalue weighted by molar-refractivity contribution is 5.77. The Hall–Kier alpha value is -1.76. The molecule has 1 atom stereocenters. The van der Waals surface area contributed by atoms with Gasteiger partial charge in [0, 0.05) is 0 Å². The molecule has 0 bridgehead atoms. The Morgan fingerprint density at radius 3 is 2.33 bits per heavy atom. The molecule has 0 aliphatic carbocycles. The molecule has 0 aromatic heterocycles. The largest absolute Gasteiger partial charge is 0.497 e. The van der Waals surface area contributed by atoms with Crippen molar-refractivity contribution in [3.05, 3.63) is 29.3 Å². The van der Waals surface area contributed by atoms with E-state index < -0.39 is 23.8 Å². The van der Waals surface area contributed by atoms with E-state index in [2.05, 4.69) is 4.74 Å². The van der Waals surface area contributed by atoms with E-state index in [-0.39, 0.29) is 11.3 Å². The summed E-state index contributed by atoms with van der Waals surface area (Å²) in [6, 6.07) is 1.60. The van der Waals surface area contributed by atoms with Crippen molar-refractivity contribution in [2.45, 2.75) is 12.2 Å². The number of esters is 1. The summed E-state index contributed by atoms with van der Waals surface area (Å²) < 4.78 is 47.0. The number of nitrogens with two attached hydrogens (primary N) is 1. The van der Waals surface area contributed by atoms with Gasteiger partial charge < -0.3 is 15.2 Å². The molecular weight excluding hydrogens is 251 g/mol. The fourth-order valence-electron chi connectivity index (χ4n) is 1.35. The molecule has 0 spiro atoms. The first kappa shape index (κ1) is 14.3. The van der Waals surface area contributed by atoms with Gasteiger partial charge in [-0.1, -0.05) is 0 Å². The minimum atomic E-state index is -4.54. The van der Waals surface area contributed by atoms with Gasteiger partial charge in [-0.2, -0.15) is 13.2 Å². The second-order valence-corrected chi connectivity index (χ2v) is 3.49. The van der Waals surface area contributed by atoms with Gasteiger partial charge in [0.25, 0.3) is 0 Å². The van der Waals surface area contributed by atoms with E-state index in [1.54, 1.807) is 0 Å². The molecular formula is C11H12F3NO3. The SMILES string of the molecule is COC(=O)[C@H](N)c1cc(OC)cc(C(F)(F)F)c1. The van der Waals surface area contributed by atoms with E-state index in [0.29, 0.717) is 0 Å². The fraction of sp³-hybridized carbons (Fsp3) is 0.364. The molecule has 1 aromatic carbocycles. The van der Waals surface area contributed by atoms with Crippen molar-refractivity contribution in [1.29, 1.82) is 0 Å². The van der Waals surface area contributed by atoms with Crippen LogP contribution in [-0.2, 0) is 15.7 Å². The van der Waals surface area contributed by atoms with Gasteiger partial charge in [-0.25, -0.2) is 0 Å². The standard InChI is InChI=1S/C11H12F3NO3/c1-17-8-4-6(9(15)10(16)18-2)3-7(5-8)11(12,13)14/h3-5,9H,15H2,1-2H3/t9-/m1/s1. The van der Waals surface area contributed by atoms with E-state index in [1.165, 1.54) is 13.2 Å². The summed E-state index contributed by atoms with van der Waals surface area (Å²) in [5.41, 5.74) is 4.53. The Morgan fingerprint density at radius 1 is 1.28 bits per heavy atom. The average molecular weight is 263 g/mol. The van der Waals surface area contributed by atoms with Gasteiger partial charge >= 0.3 is 12.1 Å². The lowest BCUT2D eigenvalue weighted by Crippen LogP contribution is -2.23. The summed E-state index contributed by atoms with van der Waals surface area (Å²) in [6.45, 7) is 0. The van der Waals surface area contributed by atoms with Crippen LogP contribution in [0.4, 0.5) is 13.2 Å². The number of methoxy groups -OCH3 is 2. The molecule has 1 rings (SSSR count). The maximum atomic E-state index is 12.6. The van der Waals surface area contributed by atoms with Gasteiger partial charge in [-0.3, -0.25) is 4.79 Å². The maximum Gasteiger partial charge on any atom is 0.416 e. The lowest BCUT2D eigenvalue weighted by atomic mass is 10.0. The third kappa shape index (κ3) is 3.13. The predicted molar refractivity (Wildman–Crippen MR) is 56.9 cm³/mol. The van der Waals surface area contributed by atoms with E-state index in [9.17, 15) is 18.0 Å². The normalized spacial score (nSPS) is 13.0. The second-order valence-electron chi connectivity index (χ2n) is 3.49. The monoisotopic (exact) mass is 263 g/mol. The van der Waals surface area contributed by atoms with Crippen molar-refractivity contribution in [2.75, 3.05) is 14.2 Å². The third-order valence-corrected chi connectivity index (χ3v) is 2.31. The smallest absolute Gasteiger partial charge is 0.416 e. The Bertz CT molecular complexity index is 446. The number of hydrogen-bond acceptors (Lipinski definition) is 4. The quantitative estimate of drug-likeness (QED) is 0.846. The van der Waals surface area contributed by atoms with Crippen molar-refractivity contribution in [3.63, 3.8) is 0 Å². The molecule has 18 heavy (non-hydrogen) atoms. The van der Waals surface area contributed by atoms with Crippen LogP contribution in [0.1, 0.15) is 17.2 Å². The Morgan fingerprint density at radius 2 is 1.89 bits per heavy atom. The summed E-state index contributed by atoms with van der Waals surface area (Å²) in [6.07, 6.45) is -4.54. The Balaban J connectivity index is 3.24. The number of ether oxygens (including phenoxy) is 2. The zero-order valence-electron chi connectivity index (χ0n) is 9.75. The number of alkyl halides is 3. The van der Waals surface area contributed by atoms with Crippen LogP contribution >= 0.6 is 0 Å². The highest BCUT2D eigenvalue weighted by Crippen LogP contribution is 2.33. The van der Waals surface area contributed by atoms with Crippen LogP contribution in [-0.4, -0.2) is 20.2 Å². The zero-order chi connectivity index (χ0) is 13.9. The van der Waals surface area contributed by atoms with Crippen LogP contribution in [0.3, 0.4) is 0 Å². The number of hydrogen-bond donors (Lipinski definition) is 1. The third-order valence-electron chi connectivity index (χ3n) is 2.31. The predicted octanol–water partition coefficient (Wildman–Crippen LogP) is 1.89. The molecule has 100 valence electrons. The van der Waals surface area contributed by atoms with Crippen molar-refractivity contribution >= 4 is 5.97 Å². The van der Waals surface area contributed by atoms with Gasteiger partial charge in [0.05, 0.1) is 19.8 Å². The maximum absolute atomic E-state index is 12.6. The average Bonchev–Trinajstić information content (AvgIpc) is 2.35. The number of halogens is 3. The first-order valence-corrected chi connectivity index (χ1v) is 4.89. The lowest BCUT2D eigenvalue weighted by Gasteiger charge is -2.14. The summed E-state index contributed by atoms with van der Waals surface area (Å²) >= 11 is 0. The fourth-order valence-corrected chi connectivity index (χ4v) is 1.35. The van der Waals surface area contributed by atoms with E-state index in [4.69, 9.17) is 10.5 Å². The molecule has 0 saturated carbocycles. The molecule has 0 amide bonds. The van der Waals surface area contributed by atoms with Crippen molar-refractivity contribution in [3.8, 4) is 5.75 Å². The Labute approximate surface area is 101 Å². The highest BCUT2D eigenvalue weighted by atomic mass is 19.4. The lowest BCUT2D eigenvalue weighted by molar-refractivity contribution is -0.143. The van der Waals surface area contributed by atoms with E-state index in [1.807, 2.05) is 0 Å². The second kappa shape index (κ2) is 5.26. The molecule has 7 heteroatoms. The van der Waals surface area contributed by atoms with Gasteiger partial charge in [-0.15, -0.1) is 0 Å². The summed E-state index contributed by atoms with van der Waals surface area (Å²) in [7, 11) is 2.33. The minimum absolute atomic E-state index is 0.0199. The van der Waals surface area contributed by atoms with Crippen molar-refractivity contribution in [1.82, 2.24) is 0 Å². The molecule has 0 aliphatic heterocycles. The molecule has 0 unspecified atom stereocenters. The summed E-state index contributed by atoms with van der Waals surface area (Å²) in [5, 5.41) is 0. The molecule has 0 fully saturated rings. The first-order valence-electron chi connectivity index (χ1n) is 4.89. The summed E-state index contributed by atoms with van der Waals surface area (Å²) in [4.78, 5) is 11.2. The first-order chi connectivity index (χ1) is 8.29. The summed E-state index contributed by atoms with van der Waals surface area (Å²) in [5.74, 6) is -0.851. The van der Waals surface area contributed by atoms with Crippen molar-refractivity contribution in [2.24, 2.45) is 5.73 Å². The number of carbonyl (C=O) groups excluding carboxylic acids is 1. The van der Waals surface area contributed by atoms with Gasteiger partial charge in [0.1, 0.15) is 11.8 Å². The Kier molecular flexibility index (Phi) is 4.18. The van der Waals surface area contributed by atoms with Crippen LogP contribution in [0.25, 0.3) is 0 Å². The minimum Gasteiger partial charge on any atom is -0.497 e. The molecule has 0 aliphatic rings. The number of rotatable bonds is 3. The van der Waals surface area contributed by atoms with Crippen LogP contribution in [0.2, 0.25) is 0 Å². The number of benzene rings is 1. The van der Waals surface area contributed by atoms with E-state index in [0.717, 1.165) is 19.2 Å². The van der Waals surface area contributed by atoms with Crippen LogP contribution in [0.15, 0.2) is 18.2 Å². The zero-order valence-corrected chi connectivity index (χ0v) is 9.75. The molecule has 0 saturated heterocycles. The molecule has 2 N–H and O–H groups in total. The molecule has 4 nitrogen and oxygen atoms in total. The molecule has 0 heterocycles. The van der Waals surface area contributed by atoms with Crippen molar-refractivity contribution < 1.29 is 27.4 Å². The van der Waals surface area contributed by atoms with Crippen LogP contribution in [0, 0.1) is 0 Å². The van der Waals surface area contributed by atoms with Crippen LogP contribution < -0.4 is 10.5 Å². The van der Waals surface area contributed by atoms with Gasteiger partial charge in [-0.05, 0) is 23.8 Å². The molecule has 0 radical (unpaired) electrons. The van der Waals surface area contributed by atoms with Gasteiger partial charge in [0.2, 0.25) is 0 Å². The topological polar surface area (TPSA) is 61.5 Å². The number of carbonyl (C=O) groups is 1. The molecule has 1 aromatic rings. The highest BCUT2D eigenvalue weighted by Gasteiger charge is 2.32. The van der Waals surface area contributed by atoms with Gasteiger partial charge in [0.15, 0.2) is 0 Å². The van der Waals surface area contributed by atoms with Crippen LogP contribution in [0.5, 0.6) is 5.75 Å². The van der Waals surface area contributed by atoms with E-state index >= 15 is 0 Å².